The van der Waals surface area contributed by atoms with E-state index in [0.717, 1.165) is 31.4 Å². The molecule has 0 bridgehead atoms. The van der Waals surface area contributed by atoms with Gasteiger partial charge in [-0.2, -0.15) is 0 Å². The number of amides is 1. The normalized spacial score (nSPS) is 27.2. The third-order valence-electron chi connectivity index (χ3n) is 4.01. The van der Waals surface area contributed by atoms with Crippen molar-refractivity contribution in [1.82, 2.24) is 5.32 Å². The third-order valence-corrected chi connectivity index (χ3v) is 4.01. The number of hydrogen-bond acceptors (Lipinski definition) is 4. The first kappa shape index (κ1) is 13.4. The Morgan fingerprint density at radius 1 is 1.40 bits per heavy atom. The molecule has 20 heavy (non-hydrogen) atoms. The summed E-state index contributed by atoms with van der Waals surface area (Å²) in [7, 11) is 0. The monoisotopic (exact) mass is 276 g/mol. The van der Waals surface area contributed by atoms with Crippen molar-refractivity contribution >= 4 is 11.6 Å². The van der Waals surface area contributed by atoms with E-state index in [0.29, 0.717) is 11.4 Å². The van der Waals surface area contributed by atoms with Gasteiger partial charge < -0.3 is 20.5 Å². The van der Waals surface area contributed by atoms with Crippen molar-refractivity contribution in [1.29, 1.82) is 0 Å². The smallest absolute Gasteiger partial charge is 0.265 e. The van der Waals surface area contributed by atoms with E-state index in [1.807, 2.05) is 12.1 Å². The Balaban J connectivity index is 1.81. The molecule has 0 spiro atoms. The van der Waals surface area contributed by atoms with Crippen LogP contribution in [-0.4, -0.2) is 29.7 Å². The Kier molecular flexibility index (Phi) is 3.63. The molecule has 3 atom stereocenters. The van der Waals surface area contributed by atoms with E-state index in [1.54, 1.807) is 13.0 Å². The van der Waals surface area contributed by atoms with Gasteiger partial charge in [-0.05, 0) is 44.0 Å². The average molecular weight is 276 g/mol. The highest BCUT2D eigenvalue weighted by molar-refractivity contribution is 5.97. The molecule has 108 valence electrons. The zero-order valence-electron chi connectivity index (χ0n) is 11.6. The number of aliphatic hydroxyl groups is 1. The molecular weight excluding hydrogens is 256 g/mol. The number of anilines is 1. The molecule has 1 amide bonds. The van der Waals surface area contributed by atoms with Crippen LogP contribution in [0.3, 0.4) is 0 Å². The van der Waals surface area contributed by atoms with Crippen molar-refractivity contribution in [2.75, 3.05) is 11.9 Å². The van der Waals surface area contributed by atoms with Gasteiger partial charge in [0.15, 0.2) is 6.10 Å². The van der Waals surface area contributed by atoms with E-state index in [4.69, 9.17) is 4.74 Å². The van der Waals surface area contributed by atoms with Crippen LogP contribution in [0, 0.1) is 0 Å². The second-order valence-corrected chi connectivity index (χ2v) is 5.51. The zero-order chi connectivity index (χ0) is 14.1. The highest BCUT2D eigenvalue weighted by Crippen LogP contribution is 2.33. The number of benzene rings is 1. The summed E-state index contributed by atoms with van der Waals surface area (Å²) >= 11 is 0. The summed E-state index contributed by atoms with van der Waals surface area (Å²) in [6, 6.07) is 5.57. The third kappa shape index (κ3) is 2.51. The summed E-state index contributed by atoms with van der Waals surface area (Å²) in [5.41, 5.74) is 1.45. The van der Waals surface area contributed by atoms with E-state index >= 15 is 0 Å². The molecule has 0 aromatic heterocycles. The first-order valence-electron chi connectivity index (χ1n) is 7.18. The maximum absolute atomic E-state index is 11.6. The van der Waals surface area contributed by atoms with Crippen LogP contribution < -0.4 is 15.4 Å². The van der Waals surface area contributed by atoms with Crippen molar-refractivity contribution in [2.45, 2.75) is 44.4 Å². The maximum atomic E-state index is 11.6. The molecule has 2 aliphatic heterocycles. The van der Waals surface area contributed by atoms with Crippen LogP contribution in [0.5, 0.6) is 5.75 Å². The maximum Gasteiger partial charge on any atom is 0.265 e. The molecule has 2 aliphatic rings. The van der Waals surface area contributed by atoms with Gasteiger partial charge in [0.2, 0.25) is 0 Å². The number of hydrogen-bond donors (Lipinski definition) is 3. The SMILES string of the molecule is CC1Oc2ccc(C(O)C3CCCCN3)cc2NC1=O. The molecule has 3 N–H and O–H groups in total. The second-order valence-electron chi connectivity index (χ2n) is 5.51. The predicted molar refractivity (Wildman–Crippen MR) is 75.8 cm³/mol. The molecule has 5 nitrogen and oxygen atoms in total. The number of ether oxygens (including phenoxy) is 1. The molecule has 0 saturated carbocycles. The number of rotatable bonds is 2. The largest absolute Gasteiger partial charge is 0.479 e. The van der Waals surface area contributed by atoms with E-state index in [-0.39, 0.29) is 11.9 Å². The van der Waals surface area contributed by atoms with Crippen molar-refractivity contribution in [3.8, 4) is 5.75 Å². The lowest BCUT2D eigenvalue weighted by Crippen LogP contribution is -2.39. The number of carbonyl (C=O) groups excluding carboxylic acids is 1. The molecular formula is C15H20N2O3. The van der Waals surface area contributed by atoms with Crippen molar-refractivity contribution in [3.05, 3.63) is 23.8 Å². The number of aliphatic hydroxyl groups excluding tert-OH is 1. The Labute approximate surface area is 118 Å². The fourth-order valence-corrected chi connectivity index (χ4v) is 2.79. The lowest BCUT2D eigenvalue weighted by atomic mass is 9.94. The highest BCUT2D eigenvalue weighted by Gasteiger charge is 2.27. The fraction of sp³-hybridized carbons (Fsp3) is 0.533. The highest BCUT2D eigenvalue weighted by atomic mass is 16.5. The number of carbonyl (C=O) groups is 1. The Morgan fingerprint density at radius 2 is 2.25 bits per heavy atom. The van der Waals surface area contributed by atoms with Crippen LogP contribution in [0.15, 0.2) is 18.2 Å². The molecule has 3 rings (SSSR count). The van der Waals surface area contributed by atoms with Crippen molar-refractivity contribution in [3.63, 3.8) is 0 Å². The van der Waals surface area contributed by atoms with Crippen LogP contribution in [0.1, 0.15) is 37.9 Å². The average Bonchev–Trinajstić information content (AvgIpc) is 2.48. The van der Waals surface area contributed by atoms with Gasteiger partial charge in [-0.3, -0.25) is 4.79 Å². The molecule has 3 unspecified atom stereocenters. The summed E-state index contributed by atoms with van der Waals surface area (Å²) < 4.78 is 5.51. The number of nitrogens with one attached hydrogen (secondary N) is 2. The first-order chi connectivity index (χ1) is 9.65. The van der Waals surface area contributed by atoms with Gasteiger partial charge >= 0.3 is 0 Å². The molecule has 1 fully saturated rings. The van der Waals surface area contributed by atoms with E-state index in [2.05, 4.69) is 10.6 Å². The Bertz CT molecular complexity index is 512. The molecule has 5 heteroatoms. The van der Waals surface area contributed by atoms with Gasteiger partial charge in [-0.25, -0.2) is 0 Å². The summed E-state index contributed by atoms with van der Waals surface area (Å²) in [6.07, 6.45) is 2.24. The van der Waals surface area contributed by atoms with Crippen molar-refractivity contribution in [2.24, 2.45) is 0 Å². The quantitative estimate of drug-likeness (QED) is 0.767. The molecule has 1 saturated heterocycles. The van der Waals surface area contributed by atoms with Gasteiger partial charge in [-0.1, -0.05) is 12.5 Å². The van der Waals surface area contributed by atoms with E-state index < -0.39 is 12.2 Å². The molecule has 2 heterocycles. The summed E-state index contributed by atoms with van der Waals surface area (Å²) in [6.45, 7) is 2.66. The van der Waals surface area contributed by atoms with Gasteiger partial charge in [0, 0.05) is 6.04 Å². The minimum atomic E-state index is -0.558. The van der Waals surface area contributed by atoms with Crippen molar-refractivity contribution < 1.29 is 14.6 Å². The first-order valence-corrected chi connectivity index (χ1v) is 7.18. The van der Waals surface area contributed by atoms with E-state index in [9.17, 15) is 9.90 Å². The molecule has 1 aromatic rings. The summed E-state index contributed by atoms with van der Waals surface area (Å²) in [4.78, 5) is 11.6. The second kappa shape index (κ2) is 5.42. The molecule has 0 radical (unpaired) electrons. The summed E-state index contributed by atoms with van der Waals surface area (Å²) in [5.74, 6) is 0.504. The van der Waals surface area contributed by atoms with Gasteiger partial charge in [0.05, 0.1) is 11.8 Å². The Hall–Kier alpha value is -1.59. The fourth-order valence-electron chi connectivity index (χ4n) is 2.79. The Morgan fingerprint density at radius 3 is 3.00 bits per heavy atom. The van der Waals surface area contributed by atoms with Crippen LogP contribution >= 0.6 is 0 Å². The van der Waals surface area contributed by atoms with Gasteiger partial charge in [0.1, 0.15) is 5.75 Å². The van der Waals surface area contributed by atoms with Gasteiger partial charge in [-0.15, -0.1) is 0 Å². The van der Waals surface area contributed by atoms with Crippen LogP contribution in [0.2, 0.25) is 0 Å². The van der Waals surface area contributed by atoms with E-state index in [1.165, 1.54) is 0 Å². The lowest BCUT2D eigenvalue weighted by Gasteiger charge is -2.29. The predicted octanol–water partition coefficient (Wildman–Crippen LogP) is 1.58. The molecule has 0 aliphatic carbocycles. The van der Waals surface area contributed by atoms with Crippen LogP contribution in [0.25, 0.3) is 0 Å². The topological polar surface area (TPSA) is 70.6 Å². The lowest BCUT2D eigenvalue weighted by molar-refractivity contribution is -0.122. The minimum Gasteiger partial charge on any atom is -0.479 e. The number of fused-ring (bicyclic) bond motifs is 1. The summed E-state index contributed by atoms with van der Waals surface area (Å²) in [5, 5.41) is 16.6. The number of piperidine rings is 1. The van der Waals surface area contributed by atoms with Gasteiger partial charge in [0.25, 0.3) is 5.91 Å². The molecule has 1 aromatic carbocycles. The zero-order valence-corrected chi connectivity index (χ0v) is 11.6. The van der Waals surface area contributed by atoms with Crippen LogP contribution in [-0.2, 0) is 4.79 Å². The standard InChI is InChI=1S/C15H20N2O3/c1-9-15(19)17-12-8-10(5-6-13(12)20-9)14(18)11-4-2-3-7-16-11/h5-6,8-9,11,14,16,18H,2-4,7H2,1H3,(H,17,19). The van der Waals surface area contributed by atoms with Crippen LogP contribution in [0.4, 0.5) is 5.69 Å². The minimum absolute atomic E-state index is 0.0842.